The van der Waals surface area contributed by atoms with Crippen molar-refractivity contribution in [1.82, 2.24) is 14.8 Å². The number of carbonyl (C=O) groups excluding carboxylic acids is 2. The summed E-state index contributed by atoms with van der Waals surface area (Å²) < 4.78 is 12.4. The van der Waals surface area contributed by atoms with Crippen molar-refractivity contribution in [2.75, 3.05) is 56.2 Å². The minimum Gasteiger partial charge on any atom is -0.398 e. The number of nitrogens with one attached hydrogen (secondary N) is 1. The zero-order valence-electron chi connectivity index (χ0n) is 20.2. The smallest absolute Gasteiger partial charge is 0.255 e. The molecule has 2 saturated heterocycles. The van der Waals surface area contributed by atoms with Gasteiger partial charge in [-0.15, -0.1) is 0 Å². The maximum absolute atomic E-state index is 13.0. The Balaban J connectivity index is 1.47. The monoisotopic (exact) mass is 484 g/mol. The van der Waals surface area contributed by atoms with E-state index in [2.05, 4.69) is 33.3 Å². The predicted octanol–water partition coefficient (Wildman–Crippen LogP) is 3.05. The SMILES string of the molecule is CNc1ncc(C2CCN(C)CC2)cc1N(C=O)C1CCN(C(=O)c2ccc(OF)cc2N)CC1. The molecule has 0 spiro atoms. The zero-order chi connectivity index (χ0) is 24.9. The standard InChI is InChI=1S/C25H33FN6O3/c1-28-24-23(13-18(15-29-24)17-5-9-30(2)10-6-17)32(16-33)19-7-11-31(12-8-19)25(34)21-4-3-20(35-26)14-22(21)27/h3-4,13-17,19H,5-12,27H2,1-2H3,(H,28,29). The van der Waals surface area contributed by atoms with Gasteiger partial charge in [-0.25, -0.2) is 4.98 Å². The summed E-state index contributed by atoms with van der Waals surface area (Å²) in [7, 11) is 3.94. The first-order chi connectivity index (χ1) is 16.9. The van der Waals surface area contributed by atoms with E-state index in [-0.39, 0.29) is 23.4 Å². The molecule has 3 N–H and O–H groups in total. The van der Waals surface area contributed by atoms with Gasteiger partial charge in [0.15, 0.2) is 5.75 Å². The van der Waals surface area contributed by atoms with Gasteiger partial charge in [-0.3, -0.25) is 14.5 Å². The molecule has 0 radical (unpaired) electrons. The molecular weight excluding hydrogens is 451 g/mol. The van der Waals surface area contributed by atoms with Crippen molar-refractivity contribution in [2.24, 2.45) is 0 Å². The molecule has 10 heteroatoms. The highest BCUT2D eigenvalue weighted by molar-refractivity contribution is 5.99. The van der Waals surface area contributed by atoms with Crippen molar-refractivity contribution < 1.29 is 19.1 Å². The van der Waals surface area contributed by atoms with Crippen LogP contribution in [0.25, 0.3) is 0 Å². The lowest BCUT2D eigenvalue weighted by Gasteiger charge is -2.37. The van der Waals surface area contributed by atoms with E-state index in [0.29, 0.717) is 43.2 Å². The van der Waals surface area contributed by atoms with Crippen LogP contribution < -0.4 is 20.9 Å². The van der Waals surface area contributed by atoms with Crippen LogP contribution in [0.1, 0.15) is 47.5 Å². The second-order valence-corrected chi connectivity index (χ2v) is 9.33. The van der Waals surface area contributed by atoms with Crippen LogP contribution in [0.2, 0.25) is 0 Å². The average Bonchev–Trinajstić information content (AvgIpc) is 2.89. The number of likely N-dealkylation sites (tertiary alicyclic amines) is 2. The van der Waals surface area contributed by atoms with Crippen molar-refractivity contribution >= 4 is 29.5 Å². The Labute approximate surface area is 204 Å². The van der Waals surface area contributed by atoms with Gasteiger partial charge in [0.05, 0.1) is 11.3 Å². The highest BCUT2D eigenvalue weighted by Crippen LogP contribution is 2.34. The molecule has 2 aromatic rings. The third-order valence-electron chi connectivity index (χ3n) is 7.19. The van der Waals surface area contributed by atoms with Gasteiger partial charge in [0.25, 0.3) is 5.91 Å². The van der Waals surface area contributed by atoms with Crippen molar-refractivity contribution in [3.05, 3.63) is 41.6 Å². The number of amides is 2. The van der Waals surface area contributed by atoms with Crippen LogP contribution in [-0.4, -0.2) is 73.4 Å². The maximum atomic E-state index is 13.0. The molecule has 9 nitrogen and oxygen atoms in total. The molecular formula is C25H33FN6O3. The quantitative estimate of drug-likeness (QED) is 0.460. The summed E-state index contributed by atoms with van der Waals surface area (Å²) in [4.78, 5) is 39.4. The molecule has 3 heterocycles. The number of halogens is 1. The Morgan fingerprint density at radius 1 is 1.20 bits per heavy atom. The highest BCUT2D eigenvalue weighted by Gasteiger charge is 2.30. The number of pyridine rings is 1. The van der Waals surface area contributed by atoms with Crippen molar-refractivity contribution in [3.8, 4) is 5.75 Å². The van der Waals surface area contributed by atoms with Crippen LogP contribution in [0.3, 0.4) is 0 Å². The molecule has 0 unspecified atom stereocenters. The van der Waals surface area contributed by atoms with Crippen molar-refractivity contribution in [1.29, 1.82) is 0 Å². The van der Waals surface area contributed by atoms with Gasteiger partial charge < -0.3 is 25.8 Å². The van der Waals surface area contributed by atoms with Gasteiger partial charge in [0.1, 0.15) is 5.82 Å². The molecule has 0 saturated carbocycles. The third kappa shape index (κ3) is 5.32. The minimum atomic E-state index is -0.217. The normalized spacial score (nSPS) is 17.7. The number of nitrogens with zero attached hydrogens (tertiary/aromatic N) is 4. The van der Waals surface area contributed by atoms with Crippen LogP contribution in [-0.2, 0) is 4.79 Å². The predicted molar refractivity (Wildman–Crippen MR) is 133 cm³/mol. The fourth-order valence-electron chi connectivity index (χ4n) is 5.06. The number of hydrogen-bond acceptors (Lipinski definition) is 7. The van der Waals surface area contributed by atoms with E-state index in [1.54, 1.807) is 16.8 Å². The number of hydrogen-bond donors (Lipinski definition) is 2. The summed E-state index contributed by atoms with van der Waals surface area (Å²) in [6, 6.07) is 6.16. The first kappa shape index (κ1) is 24.7. The largest absolute Gasteiger partial charge is 0.398 e. The van der Waals surface area contributed by atoms with Gasteiger partial charge in [-0.2, -0.15) is 0 Å². The lowest BCUT2D eigenvalue weighted by Crippen LogP contribution is -2.47. The van der Waals surface area contributed by atoms with Crippen LogP contribution in [0.4, 0.5) is 21.7 Å². The number of rotatable bonds is 7. The lowest BCUT2D eigenvalue weighted by atomic mass is 9.90. The number of piperidine rings is 2. The Morgan fingerprint density at radius 2 is 1.91 bits per heavy atom. The highest BCUT2D eigenvalue weighted by atomic mass is 19.3. The van der Waals surface area contributed by atoms with E-state index in [1.807, 2.05) is 6.20 Å². The maximum Gasteiger partial charge on any atom is 0.255 e. The summed E-state index contributed by atoms with van der Waals surface area (Å²) in [6.45, 7) is 3.05. The molecule has 2 aliphatic heterocycles. The fourth-order valence-corrected chi connectivity index (χ4v) is 5.06. The van der Waals surface area contributed by atoms with E-state index in [0.717, 1.165) is 43.6 Å². The minimum absolute atomic E-state index is 0.0455. The van der Waals surface area contributed by atoms with E-state index in [9.17, 15) is 14.1 Å². The third-order valence-corrected chi connectivity index (χ3v) is 7.19. The summed E-state index contributed by atoms with van der Waals surface area (Å²) in [5.41, 5.74) is 8.33. The van der Waals surface area contributed by atoms with Crippen LogP contribution in [0, 0.1) is 0 Å². The molecule has 0 aliphatic carbocycles. The van der Waals surface area contributed by atoms with Crippen LogP contribution >= 0.6 is 0 Å². The number of anilines is 3. The summed E-state index contributed by atoms with van der Waals surface area (Å²) >= 11 is 0. The number of benzene rings is 1. The van der Waals surface area contributed by atoms with Crippen LogP contribution in [0.5, 0.6) is 5.75 Å². The van der Waals surface area contributed by atoms with E-state index >= 15 is 0 Å². The molecule has 2 fully saturated rings. The van der Waals surface area contributed by atoms with Gasteiger partial charge in [-0.1, -0.05) is 0 Å². The van der Waals surface area contributed by atoms with Gasteiger partial charge in [-0.05, 0) is 75.5 Å². The first-order valence-electron chi connectivity index (χ1n) is 12.0. The molecule has 0 atom stereocenters. The number of nitrogens with two attached hydrogens (primary N) is 1. The molecule has 1 aromatic carbocycles. The second kappa shape index (κ2) is 10.9. The summed E-state index contributed by atoms with van der Waals surface area (Å²) in [5, 5.41) is 3.12. The van der Waals surface area contributed by atoms with Gasteiger partial charge in [0, 0.05) is 48.7 Å². The summed E-state index contributed by atoms with van der Waals surface area (Å²) in [5.74, 6) is 0.827. The Kier molecular flexibility index (Phi) is 7.70. The summed E-state index contributed by atoms with van der Waals surface area (Å²) in [6.07, 6.45) is 6.17. The van der Waals surface area contributed by atoms with Crippen molar-refractivity contribution in [2.45, 2.75) is 37.6 Å². The number of carbonyl (C=O) groups is 2. The van der Waals surface area contributed by atoms with Crippen molar-refractivity contribution in [3.63, 3.8) is 0 Å². The number of aromatic nitrogens is 1. The number of nitrogen functional groups attached to an aromatic ring is 1. The molecule has 1 aromatic heterocycles. The molecule has 35 heavy (non-hydrogen) atoms. The zero-order valence-corrected chi connectivity index (χ0v) is 20.2. The fraction of sp³-hybridized carbons (Fsp3) is 0.480. The lowest BCUT2D eigenvalue weighted by molar-refractivity contribution is -0.108. The van der Waals surface area contributed by atoms with Gasteiger partial charge >= 0.3 is 0 Å². The Morgan fingerprint density at radius 3 is 2.51 bits per heavy atom. The first-order valence-corrected chi connectivity index (χ1v) is 12.0. The topological polar surface area (TPSA) is 104 Å². The average molecular weight is 485 g/mol. The van der Waals surface area contributed by atoms with E-state index in [1.165, 1.54) is 18.2 Å². The van der Waals surface area contributed by atoms with Gasteiger partial charge in [0.2, 0.25) is 6.41 Å². The van der Waals surface area contributed by atoms with E-state index < -0.39 is 0 Å². The van der Waals surface area contributed by atoms with E-state index in [4.69, 9.17) is 5.73 Å². The molecule has 2 amide bonds. The Bertz CT molecular complexity index is 1050. The molecule has 2 aliphatic rings. The molecule has 0 bridgehead atoms. The van der Waals surface area contributed by atoms with Crippen LogP contribution in [0.15, 0.2) is 30.5 Å². The Hall–Kier alpha value is -3.40. The molecule has 4 rings (SSSR count). The second-order valence-electron chi connectivity index (χ2n) is 9.33. The molecule has 188 valence electrons.